The molecule has 2 fully saturated rings. The Bertz CT molecular complexity index is 497. The summed E-state index contributed by atoms with van der Waals surface area (Å²) in [5.41, 5.74) is 0.703. The molecule has 0 aliphatic carbocycles. The number of rotatable bonds is 4. The first-order valence-electron chi connectivity index (χ1n) is 7.80. The molecule has 2 saturated heterocycles. The summed E-state index contributed by atoms with van der Waals surface area (Å²) in [7, 11) is 0. The van der Waals surface area contributed by atoms with Crippen LogP contribution in [0.15, 0.2) is 24.3 Å². The first kappa shape index (κ1) is 14.5. The van der Waals surface area contributed by atoms with Crippen LogP contribution in [0.1, 0.15) is 37.0 Å². The molecule has 2 heterocycles. The number of fused-ring (bicyclic) bond motifs is 1. The number of nitrogens with zero attached hydrogens (tertiary/aromatic N) is 1. The predicted molar refractivity (Wildman–Crippen MR) is 80.9 cm³/mol. The number of hydrogen-bond donors (Lipinski definition) is 0. The lowest BCUT2D eigenvalue weighted by molar-refractivity contribution is -0.0344. The van der Waals surface area contributed by atoms with Crippen LogP contribution in [0, 0.1) is 0 Å². The zero-order chi connectivity index (χ0) is 14.8. The standard InChI is InChI=1S/C17H23NO3/c1-12(2)21-15-7-5-13(6-8-15)17(19)16-10-18-9-3-4-14(18)11-20-16/h5-8,12,14,16H,3-4,9-11H2,1-2H3. The molecule has 0 saturated carbocycles. The fourth-order valence-corrected chi connectivity index (χ4v) is 3.13. The topological polar surface area (TPSA) is 38.8 Å². The highest BCUT2D eigenvalue weighted by molar-refractivity contribution is 5.99. The Hall–Kier alpha value is -1.39. The quantitative estimate of drug-likeness (QED) is 0.798. The summed E-state index contributed by atoms with van der Waals surface area (Å²) < 4.78 is 11.4. The molecule has 0 aromatic heterocycles. The van der Waals surface area contributed by atoms with Gasteiger partial charge < -0.3 is 9.47 Å². The normalized spacial score (nSPS) is 25.9. The van der Waals surface area contributed by atoms with Crippen molar-refractivity contribution in [1.82, 2.24) is 4.90 Å². The largest absolute Gasteiger partial charge is 0.491 e. The van der Waals surface area contributed by atoms with Crippen molar-refractivity contribution >= 4 is 5.78 Å². The summed E-state index contributed by atoms with van der Waals surface area (Å²) in [4.78, 5) is 14.9. The predicted octanol–water partition coefficient (Wildman–Crippen LogP) is 2.52. The van der Waals surface area contributed by atoms with Gasteiger partial charge in [-0.1, -0.05) is 0 Å². The molecule has 1 aromatic rings. The summed E-state index contributed by atoms with van der Waals surface area (Å²) >= 11 is 0. The molecule has 0 spiro atoms. The molecule has 4 heteroatoms. The smallest absolute Gasteiger partial charge is 0.192 e. The van der Waals surface area contributed by atoms with Crippen LogP contribution in [0.2, 0.25) is 0 Å². The van der Waals surface area contributed by atoms with E-state index in [2.05, 4.69) is 4.90 Å². The first-order valence-corrected chi connectivity index (χ1v) is 7.80. The van der Waals surface area contributed by atoms with Gasteiger partial charge in [-0.3, -0.25) is 9.69 Å². The zero-order valence-electron chi connectivity index (χ0n) is 12.7. The van der Waals surface area contributed by atoms with E-state index in [1.165, 1.54) is 12.8 Å². The maximum Gasteiger partial charge on any atom is 0.192 e. The summed E-state index contributed by atoms with van der Waals surface area (Å²) in [6.45, 7) is 6.49. The highest BCUT2D eigenvalue weighted by atomic mass is 16.5. The van der Waals surface area contributed by atoms with Gasteiger partial charge in [0, 0.05) is 18.2 Å². The summed E-state index contributed by atoms with van der Waals surface area (Å²) in [6, 6.07) is 7.90. The van der Waals surface area contributed by atoms with Crippen molar-refractivity contribution in [2.75, 3.05) is 19.7 Å². The van der Waals surface area contributed by atoms with Gasteiger partial charge >= 0.3 is 0 Å². The Morgan fingerprint density at radius 3 is 2.81 bits per heavy atom. The minimum Gasteiger partial charge on any atom is -0.491 e. The second kappa shape index (κ2) is 6.16. The average molecular weight is 289 g/mol. The van der Waals surface area contributed by atoms with E-state index in [9.17, 15) is 4.79 Å². The van der Waals surface area contributed by atoms with Gasteiger partial charge in [-0.25, -0.2) is 0 Å². The molecule has 114 valence electrons. The van der Waals surface area contributed by atoms with Crippen LogP contribution in [0.4, 0.5) is 0 Å². The molecule has 0 N–H and O–H groups in total. The first-order chi connectivity index (χ1) is 10.1. The van der Waals surface area contributed by atoms with Crippen molar-refractivity contribution in [1.29, 1.82) is 0 Å². The van der Waals surface area contributed by atoms with Gasteiger partial charge in [0.2, 0.25) is 0 Å². The van der Waals surface area contributed by atoms with Crippen molar-refractivity contribution in [2.24, 2.45) is 0 Å². The number of Topliss-reactive ketones (excluding diaryl/α,β-unsaturated/α-hetero) is 1. The van der Waals surface area contributed by atoms with Crippen LogP contribution < -0.4 is 4.74 Å². The van der Waals surface area contributed by atoms with Crippen molar-refractivity contribution in [3.8, 4) is 5.75 Å². The van der Waals surface area contributed by atoms with Gasteiger partial charge in [-0.05, 0) is 57.5 Å². The second-order valence-electron chi connectivity index (χ2n) is 6.17. The van der Waals surface area contributed by atoms with Crippen molar-refractivity contribution in [2.45, 2.75) is 44.9 Å². The zero-order valence-corrected chi connectivity index (χ0v) is 12.7. The SMILES string of the molecule is CC(C)Oc1ccc(C(=O)C2CN3CCCC3CO2)cc1. The molecule has 0 radical (unpaired) electrons. The number of carbonyl (C=O) groups excluding carboxylic acids is 1. The highest BCUT2D eigenvalue weighted by Crippen LogP contribution is 2.24. The van der Waals surface area contributed by atoms with E-state index in [1.807, 2.05) is 38.1 Å². The maximum atomic E-state index is 12.5. The summed E-state index contributed by atoms with van der Waals surface area (Å²) in [6.07, 6.45) is 2.23. The van der Waals surface area contributed by atoms with E-state index in [0.29, 0.717) is 18.2 Å². The van der Waals surface area contributed by atoms with Crippen molar-refractivity contribution < 1.29 is 14.3 Å². The molecule has 3 rings (SSSR count). The lowest BCUT2D eigenvalue weighted by Gasteiger charge is -2.34. The second-order valence-corrected chi connectivity index (χ2v) is 6.17. The molecule has 0 amide bonds. The Balaban J connectivity index is 1.64. The van der Waals surface area contributed by atoms with Crippen LogP contribution in [0.25, 0.3) is 0 Å². The van der Waals surface area contributed by atoms with Crippen LogP contribution in [-0.2, 0) is 4.74 Å². The molecule has 4 nitrogen and oxygen atoms in total. The van der Waals surface area contributed by atoms with Gasteiger partial charge in [0.1, 0.15) is 11.9 Å². The molecular formula is C17H23NO3. The minimum atomic E-state index is -0.323. The van der Waals surface area contributed by atoms with Crippen LogP contribution >= 0.6 is 0 Å². The molecule has 2 unspecified atom stereocenters. The molecule has 21 heavy (non-hydrogen) atoms. The third-order valence-electron chi connectivity index (χ3n) is 4.19. The molecule has 2 aliphatic rings. The van der Waals surface area contributed by atoms with Gasteiger partial charge in [0.25, 0.3) is 0 Å². The van der Waals surface area contributed by atoms with E-state index >= 15 is 0 Å². The van der Waals surface area contributed by atoms with Gasteiger partial charge in [-0.15, -0.1) is 0 Å². The molecule has 1 aromatic carbocycles. The fourth-order valence-electron chi connectivity index (χ4n) is 3.13. The minimum absolute atomic E-state index is 0.0800. The third-order valence-corrected chi connectivity index (χ3v) is 4.19. The van der Waals surface area contributed by atoms with Gasteiger partial charge in [0.05, 0.1) is 12.7 Å². The number of benzene rings is 1. The van der Waals surface area contributed by atoms with E-state index in [-0.39, 0.29) is 18.0 Å². The molecule has 0 bridgehead atoms. The van der Waals surface area contributed by atoms with E-state index in [1.54, 1.807) is 0 Å². The van der Waals surface area contributed by atoms with Crippen molar-refractivity contribution in [3.05, 3.63) is 29.8 Å². The summed E-state index contributed by atoms with van der Waals surface area (Å²) in [5.74, 6) is 0.877. The molecule has 2 atom stereocenters. The molecular weight excluding hydrogens is 266 g/mol. The number of hydrogen-bond acceptors (Lipinski definition) is 4. The Morgan fingerprint density at radius 2 is 2.10 bits per heavy atom. The summed E-state index contributed by atoms with van der Waals surface area (Å²) in [5, 5.41) is 0. The molecule has 2 aliphatic heterocycles. The number of ether oxygens (including phenoxy) is 2. The van der Waals surface area contributed by atoms with E-state index in [4.69, 9.17) is 9.47 Å². The van der Waals surface area contributed by atoms with Crippen LogP contribution in [-0.4, -0.2) is 48.6 Å². The Morgan fingerprint density at radius 1 is 1.33 bits per heavy atom. The number of morpholine rings is 1. The fraction of sp³-hybridized carbons (Fsp3) is 0.588. The lowest BCUT2D eigenvalue weighted by atomic mass is 10.0. The van der Waals surface area contributed by atoms with E-state index in [0.717, 1.165) is 18.8 Å². The monoisotopic (exact) mass is 289 g/mol. The average Bonchev–Trinajstić information content (AvgIpc) is 2.94. The maximum absolute atomic E-state index is 12.5. The van der Waals surface area contributed by atoms with Crippen LogP contribution in [0.3, 0.4) is 0 Å². The Kier molecular flexibility index (Phi) is 4.27. The van der Waals surface area contributed by atoms with E-state index < -0.39 is 0 Å². The number of carbonyl (C=O) groups is 1. The third kappa shape index (κ3) is 3.27. The van der Waals surface area contributed by atoms with Crippen LogP contribution in [0.5, 0.6) is 5.75 Å². The Labute approximate surface area is 126 Å². The highest BCUT2D eigenvalue weighted by Gasteiger charge is 2.35. The van der Waals surface area contributed by atoms with Crippen molar-refractivity contribution in [3.63, 3.8) is 0 Å². The van der Waals surface area contributed by atoms with Gasteiger partial charge in [-0.2, -0.15) is 0 Å². The lowest BCUT2D eigenvalue weighted by Crippen LogP contribution is -2.49. The number of ketones is 1. The van der Waals surface area contributed by atoms with Gasteiger partial charge in [0.15, 0.2) is 5.78 Å².